The molecule has 0 saturated heterocycles. The summed E-state index contributed by atoms with van der Waals surface area (Å²) < 4.78 is 6.04. The van der Waals surface area contributed by atoms with Gasteiger partial charge in [0.1, 0.15) is 11.5 Å². The molecule has 0 aliphatic rings. The van der Waals surface area contributed by atoms with Crippen molar-refractivity contribution in [2.75, 3.05) is 19.5 Å². The number of ether oxygens (including phenoxy) is 1. The standard InChI is InChI=1S/C11H11IN4O/c1-13-10-7(12)6-14-11(16-10)8-4-3-5-9(15-8)17-2/h3-6H,1-2H3,(H,13,14,16). The van der Waals surface area contributed by atoms with Gasteiger partial charge in [-0.3, -0.25) is 0 Å². The van der Waals surface area contributed by atoms with Crippen LogP contribution in [0.3, 0.4) is 0 Å². The summed E-state index contributed by atoms with van der Waals surface area (Å²) in [5.41, 5.74) is 0.692. The number of nitrogens with one attached hydrogen (secondary N) is 1. The smallest absolute Gasteiger partial charge is 0.213 e. The van der Waals surface area contributed by atoms with E-state index in [0.29, 0.717) is 17.4 Å². The molecule has 0 unspecified atom stereocenters. The van der Waals surface area contributed by atoms with Crippen LogP contribution in [0.4, 0.5) is 5.82 Å². The summed E-state index contributed by atoms with van der Waals surface area (Å²) in [6.07, 6.45) is 1.76. The van der Waals surface area contributed by atoms with Crippen molar-refractivity contribution < 1.29 is 4.74 Å². The number of hydrogen-bond acceptors (Lipinski definition) is 5. The van der Waals surface area contributed by atoms with Crippen LogP contribution in [0.1, 0.15) is 0 Å². The third-order valence-electron chi connectivity index (χ3n) is 2.14. The van der Waals surface area contributed by atoms with Gasteiger partial charge in [-0.2, -0.15) is 0 Å². The van der Waals surface area contributed by atoms with Crippen molar-refractivity contribution in [1.82, 2.24) is 15.0 Å². The lowest BCUT2D eigenvalue weighted by Crippen LogP contribution is -2.00. The molecule has 2 rings (SSSR count). The van der Waals surface area contributed by atoms with Gasteiger partial charge in [0.05, 0.1) is 10.7 Å². The summed E-state index contributed by atoms with van der Waals surface area (Å²) in [4.78, 5) is 12.9. The normalized spacial score (nSPS) is 10.1. The van der Waals surface area contributed by atoms with Gasteiger partial charge in [-0.05, 0) is 28.7 Å². The maximum atomic E-state index is 5.07. The second-order valence-corrected chi connectivity index (χ2v) is 4.37. The maximum absolute atomic E-state index is 5.07. The van der Waals surface area contributed by atoms with Crippen LogP contribution < -0.4 is 10.1 Å². The van der Waals surface area contributed by atoms with E-state index < -0.39 is 0 Å². The zero-order valence-electron chi connectivity index (χ0n) is 9.44. The molecule has 2 heterocycles. The second-order valence-electron chi connectivity index (χ2n) is 3.21. The highest BCUT2D eigenvalue weighted by atomic mass is 127. The van der Waals surface area contributed by atoms with Gasteiger partial charge in [0.2, 0.25) is 5.88 Å². The first-order valence-corrected chi connectivity index (χ1v) is 6.04. The number of rotatable bonds is 3. The van der Waals surface area contributed by atoms with E-state index in [1.54, 1.807) is 19.4 Å². The Morgan fingerprint density at radius 2 is 2.12 bits per heavy atom. The molecule has 1 N–H and O–H groups in total. The van der Waals surface area contributed by atoms with E-state index in [1.807, 2.05) is 19.2 Å². The van der Waals surface area contributed by atoms with Crippen molar-refractivity contribution in [2.45, 2.75) is 0 Å². The van der Waals surface area contributed by atoms with Crippen molar-refractivity contribution >= 4 is 28.4 Å². The molecule has 0 amide bonds. The van der Waals surface area contributed by atoms with Gasteiger partial charge in [-0.25, -0.2) is 15.0 Å². The quantitative estimate of drug-likeness (QED) is 0.867. The molecule has 0 atom stereocenters. The Morgan fingerprint density at radius 1 is 1.29 bits per heavy atom. The van der Waals surface area contributed by atoms with Crippen LogP contribution in [-0.4, -0.2) is 29.1 Å². The summed E-state index contributed by atoms with van der Waals surface area (Å²) in [5.74, 6) is 1.92. The van der Waals surface area contributed by atoms with Gasteiger partial charge in [-0.1, -0.05) is 6.07 Å². The zero-order valence-corrected chi connectivity index (χ0v) is 11.6. The molecule has 0 radical (unpaired) electrons. The average molecular weight is 342 g/mol. The van der Waals surface area contributed by atoms with Crippen molar-refractivity contribution in [1.29, 1.82) is 0 Å². The first-order chi connectivity index (χ1) is 8.24. The minimum absolute atomic E-state index is 0.552. The Labute approximate surface area is 113 Å². The van der Waals surface area contributed by atoms with Gasteiger partial charge >= 0.3 is 0 Å². The highest BCUT2D eigenvalue weighted by Gasteiger charge is 2.07. The van der Waals surface area contributed by atoms with Crippen molar-refractivity contribution in [3.05, 3.63) is 28.0 Å². The molecule has 2 aromatic rings. The Kier molecular flexibility index (Phi) is 3.72. The fraction of sp³-hybridized carbons (Fsp3) is 0.182. The first-order valence-electron chi connectivity index (χ1n) is 4.96. The molecule has 0 aliphatic heterocycles. The third-order valence-corrected chi connectivity index (χ3v) is 2.93. The monoisotopic (exact) mass is 342 g/mol. The number of anilines is 1. The number of hydrogen-bond donors (Lipinski definition) is 1. The first kappa shape index (κ1) is 12.0. The molecular formula is C11H11IN4O. The van der Waals surface area contributed by atoms with E-state index in [4.69, 9.17) is 4.74 Å². The van der Waals surface area contributed by atoms with E-state index in [0.717, 1.165) is 9.39 Å². The third kappa shape index (κ3) is 2.63. The summed E-state index contributed by atoms with van der Waals surface area (Å²) in [6, 6.07) is 5.50. The largest absolute Gasteiger partial charge is 0.481 e. The number of nitrogens with zero attached hydrogens (tertiary/aromatic N) is 3. The number of pyridine rings is 1. The van der Waals surface area contributed by atoms with E-state index >= 15 is 0 Å². The number of methoxy groups -OCH3 is 1. The Hall–Kier alpha value is -1.44. The summed E-state index contributed by atoms with van der Waals surface area (Å²) >= 11 is 2.18. The highest BCUT2D eigenvalue weighted by molar-refractivity contribution is 14.1. The lowest BCUT2D eigenvalue weighted by atomic mass is 10.3. The second kappa shape index (κ2) is 5.26. The molecule has 17 heavy (non-hydrogen) atoms. The number of aromatic nitrogens is 3. The summed E-state index contributed by atoms with van der Waals surface area (Å²) in [7, 11) is 3.41. The minimum Gasteiger partial charge on any atom is -0.481 e. The molecule has 0 fully saturated rings. The van der Waals surface area contributed by atoms with Crippen LogP contribution in [0.25, 0.3) is 11.5 Å². The van der Waals surface area contributed by atoms with Crippen LogP contribution >= 0.6 is 22.6 Å². The summed E-state index contributed by atoms with van der Waals surface area (Å²) in [5, 5.41) is 3.02. The lowest BCUT2D eigenvalue weighted by molar-refractivity contribution is 0.398. The summed E-state index contributed by atoms with van der Waals surface area (Å²) in [6.45, 7) is 0. The van der Waals surface area contributed by atoms with Crippen LogP contribution in [-0.2, 0) is 0 Å². The molecule has 5 nitrogen and oxygen atoms in total. The molecule has 0 bridgehead atoms. The van der Waals surface area contributed by atoms with Crippen LogP contribution in [0, 0.1) is 3.57 Å². The molecule has 6 heteroatoms. The van der Waals surface area contributed by atoms with E-state index in [1.165, 1.54) is 0 Å². The SMILES string of the molecule is CNc1nc(-c2cccc(OC)n2)ncc1I. The Balaban J connectivity index is 2.45. The average Bonchev–Trinajstić information content (AvgIpc) is 2.39. The fourth-order valence-electron chi connectivity index (χ4n) is 1.32. The molecule has 0 saturated carbocycles. The van der Waals surface area contributed by atoms with Gasteiger partial charge in [0, 0.05) is 19.3 Å². The molecule has 0 aliphatic carbocycles. The highest BCUT2D eigenvalue weighted by Crippen LogP contribution is 2.20. The van der Waals surface area contributed by atoms with E-state index in [-0.39, 0.29) is 0 Å². The molecule has 88 valence electrons. The van der Waals surface area contributed by atoms with Crippen molar-refractivity contribution in [3.8, 4) is 17.4 Å². The van der Waals surface area contributed by atoms with Crippen LogP contribution in [0.5, 0.6) is 5.88 Å². The van der Waals surface area contributed by atoms with Gasteiger partial charge in [0.25, 0.3) is 0 Å². The predicted octanol–water partition coefficient (Wildman–Crippen LogP) is 2.19. The van der Waals surface area contributed by atoms with Crippen molar-refractivity contribution in [3.63, 3.8) is 0 Å². The molecule has 0 spiro atoms. The Morgan fingerprint density at radius 3 is 2.82 bits per heavy atom. The Bertz CT molecular complexity index is 533. The molecular weight excluding hydrogens is 331 g/mol. The molecule has 2 aromatic heterocycles. The molecule has 0 aromatic carbocycles. The zero-order chi connectivity index (χ0) is 12.3. The topological polar surface area (TPSA) is 59.9 Å². The van der Waals surface area contributed by atoms with Gasteiger partial charge < -0.3 is 10.1 Å². The number of halogens is 1. The van der Waals surface area contributed by atoms with Crippen molar-refractivity contribution in [2.24, 2.45) is 0 Å². The van der Waals surface area contributed by atoms with Crippen LogP contribution in [0.15, 0.2) is 24.4 Å². The van der Waals surface area contributed by atoms with Crippen LogP contribution in [0.2, 0.25) is 0 Å². The fourth-order valence-corrected chi connectivity index (χ4v) is 1.85. The van der Waals surface area contributed by atoms with E-state index in [2.05, 4.69) is 42.9 Å². The van der Waals surface area contributed by atoms with E-state index in [9.17, 15) is 0 Å². The van der Waals surface area contributed by atoms with Gasteiger partial charge in [-0.15, -0.1) is 0 Å². The van der Waals surface area contributed by atoms with Gasteiger partial charge in [0.15, 0.2) is 5.82 Å². The minimum atomic E-state index is 0.552. The predicted molar refractivity (Wildman–Crippen MR) is 74.1 cm³/mol. The lowest BCUT2D eigenvalue weighted by Gasteiger charge is -2.05. The maximum Gasteiger partial charge on any atom is 0.213 e.